The number of carbonyl (C=O) groups is 3. The molecule has 0 aliphatic carbocycles. The Hall–Kier alpha value is -3.59. The lowest BCUT2D eigenvalue weighted by Gasteiger charge is -2.07. The molecule has 0 atom stereocenters. The van der Waals surface area contributed by atoms with Crippen LogP contribution in [0.15, 0.2) is 5.57 Å². The molecule has 0 aliphatic heterocycles. The number of rotatable bonds is 7. The molecule has 9 nitrogen and oxygen atoms in total. The number of hydrogen-bond acceptors (Lipinski definition) is 8. The van der Waals surface area contributed by atoms with Crippen LogP contribution in [0.25, 0.3) is 6.08 Å². The summed E-state index contributed by atoms with van der Waals surface area (Å²) in [5.74, 6) is -2.75. The molecular formula is C17H17N3O6. The van der Waals surface area contributed by atoms with Crippen molar-refractivity contribution >= 4 is 24.0 Å². The van der Waals surface area contributed by atoms with Crippen LogP contribution < -0.4 is 0 Å². The van der Waals surface area contributed by atoms with Crippen LogP contribution in [-0.2, 0) is 14.2 Å². The molecule has 1 N–H and O–H groups in total. The summed E-state index contributed by atoms with van der Waals surface area (Å²) >= 11 is 0. The molecule has 9 heteroatoms. The van der Waals surface area contributed by atoms with Gasteiger partial charge in [-0.3, -0.25) is 0 Å². The molecule has 0 saturated carbocycles. The van der Waals surface area contributed by atoms with Crippen LogP contribution >= 0.6 is 0 Å². The third-order valence-corrected chi connectivity index (χ3v) is 3.00. The van der Waals surface area contributed by atoms with E-state index in [-0.39, 0.29) is 47.9 Å². The third-order valence-electron chi connectivity index (χ3n) is 3.00. The lowest BCUT2D eigenvalue weighted by atomic mass is 10.1. The summed E-state index contributed by atoms with van der Waals surface area (Å²) in [6.07, 6.45) is 1.04. The number of carbonyl (C=O) groups excluding carboxylic acids is 3. The predicted octanol–water partition coefficient (Wildman–Crippen LogP) is 1.98. The number of aromatic amines is 1. The van der Waals surface area contributed by atoms with Crippen molar-refractivity contribution < 1.29 is 28.6 Å². The zero-order valence-electron chi connectivity index (χ0n) is 14.5. The fourth-order valence-corrected chi connectivity index (χ4v) is 2.04. The van der Waals surface area contributed by atoms with Crippen LogP contribution in [0.1, 0.15) is 57.7 Å². The largest absolute Gasteiger partial charge is 0.462 e. The maximum Gasteiger partial charge on any atom is 0.355 e. The van der Waals surface area contributed by atoms with E-state index in [1.165, 1.54) is 0 Å². The Balaban J connectivity index is 3.77. The Morgan fingerprint density at radius 3 is 1.81 bits per heavy atom. The van der Waals surface area contributed by atoms with E-state index in [0.717, 1.165) is 6.08 Å². The Labute approximate surface area is 149 Å². The van der Waals surface area contributed by atoms with E-state index in [4.69, 9.17) is 24.7 Å². The van der Waals surface area contributed by atoms with Crippen LogP contribution in [0.5, 0.6) is 0 Å². The normalized spacial score (nSPS) is 9.42. The predicted molar refractivity (Wildman–Crippen MR) is 87.9 cm³/mol. The van der Waals surface area contributed by atoms with Gasteiger partial charge in [-0.05, 0) is 26.8 Å². The van der Waals surface area contributed by atoms with Crippen molar-refractivity contribution in [2.24, 2.45) is 0 Å². The summed E-state index contributed by atoms with van der Waals surface area (Å²) < 4.78 is 14.7. The molecule has 0 radical (unpaired) electrons. The molecule has 1 aromatic heterocycles. The Kier molecular flexibility index (Phi) is 7.59. The van der Waals surface area contributed by atoms with E-state index < -0.39 is 17.9 Å². The molecule has 1 aromatic rings. The first-order valence-corrected chi connectivity index (χ1v) is 7.74. The van der Waals surface area contributed by atoms with Crippen molar-refractivity contribution in [1.82, 2.24) is 4.98 Å². The van der Waals surface area contributed by atoms with Gasteiger partial charge in [0.25, 0.3) is 0 Å². The third kappa shape index (κ3) is 4.48. The van der Waals surface area contributed by atoms with E-state index in [9.17, 15) is 14.4 Å². The molecule has 0 aromatic carbocycles. The van der Waals surface area contributed by atoms with E-state index >= 15 is 0 Å². The van der Waals surface area contributed by atoms with Crippen LogP contribution in [-0.4, -0.2) is 42.7 Å². The van der Waals surface area contributed by atoms with Gasteiger partial charge in [-0.1, -0.05) is 0 Å². The van der Waals surface area contributed by atoms with Gasteiger partial charge in [-0.2, -0.15) is 10.5 Å². The molecule has 0 aliphatic rings. The van der Waals surface area contributed by atoms with Gasteiger partial charge >= 0.3 is 17.9 Å². The van der Waals surface area contributed by atoms with Gasteiger partial charge in [0.1, 0.15) is 34.5 Å². The van der Waals surface area contributed by atoms with E-state index in [1.54, 1.807) is 32.9 Å². The van der Waals surface area contributed by atoms with Gasteiger partial charge in [-0.25, -0.2) is 14.4 Å². The number of allylic oxidation sites excluding steroid dienone is 1. The highest BCUT2D eigenvalue weighted by Crippen LogP contribution is 2.25. The van der Waals surface area contributed by atoms with Gasteiger partial charge in [0.2, 0.25) is 0 Å². The van der Waals surface area contributed by atoms with Crippen LogP contribution in [0.2, 0.25) is 0 Å². The molecule has 136 valence electrons. The average Bonchev–Trinajstić information content (AvgIpc) is 2.99. The highest BCUT2D eigenvalue weighted by Gasteiger charge is 2.32. The number of esters is 3. The Bertz CT molecular complexity index is 807. The van der Waals surface area contributed by atoms with E-state index in [2.05, 4.69) is 4.98 Å². The summed E-state index contributed by atoms with van der Waals surface area (Å²) in [4.78, 5) is 39.4. The molecule has 0 bridgehead atoms. The first-order chi connectivity index (χ1) is 12.4. The molecule has 0 amide bonds. The smallest absolute Gasteiger partial charge is 0.355 e. The van der Waals surface area contributed by atoms with Gasteiger partial charge < -0.3 is 19.2 Å². The molecule has 1 heterocycles. The van der Waals surface area contributed by atoms with Gasteiger partial charge in [0, 0.05) is 0 Å². The zero-order valence-corrected chi connectivity index (χ0v) is 14.5. The molecular weight excluding hydrogens is 342 g/mol. The molecule has 26 heavy (non-hydrogen) atoms. The van der Waals surface area contributed by atoms with Crippen molar-refractivity contribution in [3.63, 3.8) is 0 Å². The number of hydrogen-bond donors (Lipinski definition) is 1. The Morgan fingerprint density at radius 2 is 1.35 bits per heavy atom. The highest BCUT2D eigenvalue weighted by atomic mass is 16.5. The van der Waals surface area contributed by atoms with Crippen molar-refractivity contribution in [1.29, 1.82) is 10.5 Å². The monoisotopic (exact) mass is 359 g/mol. The fraction of sp³-hybridized carbons (Fsp3) is 0.353. The maximum atomic E-state index is 12.3. The average molecular weight is 359 g/mol. The summed E-state index contributed by atoms with van der Waals surface area (Å²) in [5, 5.41) is 17.9. The summed E-state index contributed by atoms with van der Waals surface area (Å²) in [6, 6.07) is 3.26. The highest BCUT2D eigenvalue weighted by molar-refractivity contribution is 6.12. The summed E-state index contributed by atoms with van der Waals surface area (Å²) in [7, 11) is 0. The SMILES string of the molecule is CCOC(=O)c1[nH]c(C=C(C#N)C#N)c(C(=O)OCC)c1C(=O)OCC. The quantitative estimate of drug-likeness (QED) is 0.442. The molecule has 0 fully saturated rings. The topological polar surface area (TPSA) is 142 Å². The summed E-state index contributed by atoms with van der Waals surface area (Å²) in [5.41, 5.74) is -1.45. The van der Waals surface area contributed by atoms with Crippen molar-refractivity contribution in [3.05, 3.63) is 28.1 Å². The minimum absolute atomic E-state index is 0.00135. The van der Waals surface area contributed by atoms with Gasteiger partial charge in [0.05, 0.1) is 25.5 Å². The Morgan fingerprint density at radius 1 is 0.885 bits per heavy atom. The number of nitriles is 2. The number of nitrogens with zero attached hydrogens (tertiary/aromatic N) is 2. The number of aromatic nitrogens is 1. The lowest BCUT2D eigenvalue weighted by Crippen LogP contribution is -2.17. The first kappa shape index (κ1) is 20.5. The minimum Gasteiger partial charge on any atom is -0.462 e. The number of ether oxygens (including phenoxy) is 3. The standard InChI is InChI=1S/C17H17N3O6/c1-4-24-15(21)12-11(7-10(8-18)9-19)20-14(17(23)26-6-3)13(12)16(22)25-5-2/h7,20H,4-6H2,1-3H3. The van der Waals surface area contributed by atoms with Crippen LogP contribution in [0.3, 0.4) is 0 Å². The molecule has 1 rings (SSSR count). The second-order valence-corrected chi connectivity index (χ2v) is 4.61. The number of nitrogens with one attached hydrogen (secondary N) is 1. The zero-order chi connectivity index (χ0) is 19.7. The van der Waals surface area contributed by atoms with E-state index in [1.807, 2.05) is 0 Å². The van der Waals surface area contributed by atoms with Crippen molar-refractivity contribution in [2.75, 3.05) is 19.8 Å². The minimum atomic E-state index is -0.940. The number of H-pyrrole nitrogens is 1. The van der Waals surface area contributed by atoms with Crippen molar-refractivity contribution in [3.8, 4) is 12.1 Å². The first-order valence-electron chi connectivity index (χ1n) is 7.74. The molecule has 0 saturated heterocycles. The maximum absolute atomic E-state index is 12.3. The second kappa shape index (κ2) is 9.64. The van der Waals surface area contributed by atoms with Gasteiger partial charge in [-0.15, -0.1) is 0 Å². The van der Waals surface area contributed by atoms with Gasteiger partial charge in [0.15, 0.2) is 0 Å². The van der Waals surface area contributed by atoms with E-state index in [0.29, 0.717) is 0 Å². The van der Waals surface area contributed by atoms with Crippen LogP contribution in [0, 0.1) is 22.7 Å². The summed E-state index contributed by atoms with van der Waals surface area (Å²) in [6.45, 7) is 4.73. The van der Waals surface area contributed by atoms with Crippen LogP contribution in [0.4, 0.5) is 0 Å². The molecule has 0 unspecified atom stereocenters. The van der Waals surface area contributed by atoms with Crippen molar-refractivity contribution in [2.45, 2.75) is 20.8 Å². The molecule has 0 spiro atoms. The fourth-order valence-electron chi connectivity index (χ4n) is 2.04. The lowest BCUT2D eigenvalue weighted by molar-refractivity contribution is 0.0460. The second-order valence-electron chi connectivity index (χ2n) is 4.61.